The largest absolute Gasteiger partial charge is 0.312 e. The minimum Gasteiger partial charge on any atom is -0.312 e. The number of likely N-dealkylation sites (tertiary alicyclic amines) is 1. The molecule has 0 spiro atoms. The predicted octanol–water partition coefficient (Wildman–Crippen LogP) is 1.86. The Morgan fingerprint density at radius 3 is 2.57 bits per heavy atom. The Kier molecular flexibility index (Phi) is 3.82. The maximum absolute atomic E-state index is 3.72. The predicted molar refractivity (Wildman–Crippen MR) is 60.5 cm³/mol. The maximum atomic E-state index is 3.72. The number of rotatable bonds is 4. The van der Waals surface area contributed by atoms with E-state index < -0.39 is 0 Å². The molecule has 2 unspecified atom stereocenters. The molecule has 1 heterocycles. The molecule has 0 radical (unpaired) electrons. The lowest BCUT2D eigenvalue weighted by molar-refractivity contribution is 0.317. The number of nitrogens with one attached hydrogen (secondary N) is 1. The van der Waals surface area contributed by atoms with E-state index in [-0.39, 0.29) is 0 Å². The molecule has 1 N–H and O–H groups in total. The van der Waals surface area contributed by atoms with Crippen LogP contribution in [0.1, 0.15) is 39.0 Å². The van der Waals surface area contributed by atoms with Crippen molar-refractivity contribution in [2.75, 3.05) is 26.2 Å². The maximum Gasteiger partial charge on any atom is 0.0107 e. The lowest BCUT2D eigenvalue weighted by Gasteiger charge is -2.20. The van der Waals surface area contributed by atoms with Gasteiger partial charge in [-0.1, -0.05) is 13.3 Å². The fourth-order valence-electron chi connectivity index (χ4n) is 2.86. The van der Waals surface area contributed by atoms with Crippen LogP contribution in [0, 0.1) is 5.92 Å². The van der Waals surface area contributed by atoms with Gasteiger partial charge in [-0.2, -0.15) is 0 Å². The highest BCUT2D eigenvalue weighted by Crippen LogP contribution is 2.24. The third kappa shape index (κ3) is 2.71. The highest BCUT2D eigenvalue weighted by Gasteiger charge is 2.22. The summed E-state index contributed by atoms with van der Waals surface area (Å²) in [5.41, 5.74) is 0. The molecule has 2 nitrogen and oxygen atoms in total. The van der Waals surface area contributed by atoms with Crippen LogP contribution < -0.4 is 5.32 Å². The summed E-state index contributed by atoms with van der Waals surface area (Å²) in [6, 6.07) is 0.817. The van der Waals surface area contributed by atoms with Crippen LogP contribution in [0.15, 0.2) is 0 Å². The second-order valence-corrected chi connectivity index (χ2v) is 5.02. The highest BCUT2D eigenvalue weighted by atomic mass is 15.2. The zero-order chi connectivity index (χ0) is 9.80. The van der Waals surface area contributed by atoms with Crippen LogP contribution >= 0.6 is 0 Å². The Hall–Kier alpha value is -0.0800. The summed E-state index contributed by atoms with van der Waals surface area (Å²) in [5.74, 6) is 0.911. The van der Waals surface area contributed by atoms with Gasteiger partial charge in [0.05, 0.1) is 0 Å². The van der Waals surface area contributed by atoms with Gasteiger partial charge in [-0.3, -0.25) is 0 Å². The molecule has 0 aromatic carbocycles. The Morgan fingerprint density at radius 1 is 1.14 bits per heavy atom. The van der Waals surface area contributed by atoms with E-state index in [4.69, 9.17) is 0 Å². The van der Waals surface area contributed by atoms with Crippen molar-refractivity contribution in [3.8, 4) is 0 Å². The first-order valence-corrected chi connectivity index (χ1v) is 6.32. The van der Waals surface area contributed by atoms with E-state index in [1.54, 1.807) is 0 Å². The minimum absolute atomic E-state index is 0.817. The number of hydrogen-bond acceptors (Lipinski definition) is 2. The molecular weight excluding hydrogens is 172 g/mol. The van der Waals surface area contributed by atoms with Gasteiger partial charge in [0.2, 0.25) is 0 Å². The van der Waals surface area contributed by atoms with Gasteiger partial charge >= 0.3 is 0 Å². The van der Waals surface area contributed by atoms with Crippen molar-refractivity contribution in [1.82, 2.24) is 10.2 Å². The van der Waals surface area contributed by atoms with Crippen molar-refractivity contribution in [2.45, 2.75) is 45.1 Å². The van der Waals surface area contributed by atoms with Gasteiger partial charge in [0.15, 0.2) is 0 Å². The van der Waals surface area contributed by atoms with Crippen molar-refractivity contribution < 1.29 is 0 Å². The van der Waals surface area contributed by atoms with E-state index in [1.807, 2.05) is 0 Å². The molecule has 14 heavy (non-hydrogen) atoms. The fraction of sp³-hybridized carbons (Fsp3) is 1.00. The standard InChI is InChI=1S/C12H24N2/c1-11-5-4-6-12(11)13-7-10-14-8-2-3-9-14/h11-13H,2-10H2,1H3. The van der Waals surface area contributed by atoms with Crippen LogP contribution in [0.4, 0.5) is 0 Å². The van der Waals surface area contributed by atoms with Gasteiger partial charge in [0.1, 0.15) is 0 Å². The fourth-order valence-corrected chi connectivity index (χ4v) is 2.86. The average Bonchev–Trinajstić information content (AvgIpc) is 2.78. The van der Waals surface area contributed by atoms with Crippen LogP contribution in [0.25, 0.3) is 0 Å². The molecule has 1 saturated heterocycles. The Morgan fingerprint density at radius 2 is 1.93 bits per heavy atom. The summed E-state index contributed by atoms with van der Waals surface area (Å²) in [4.78, 5) is 2.59. The molecule has 0 aromatic rings. The van der Waals surface area contributed by atoms with E-state index in [1.165, 1.54) is 58.3 Å². The van der Waals surface area contributed by atoms with Gasteiger partial charge in [-0.15, -0.1) is 0 Å². The van der Waals surface area contributed by atoms with Gasteiger partial charge in [0, 0.05) is 19.1 Å². The van der Waals surface area contributed by atoms with E-state index in [2.05, 4.69) is 17.1 Å². The molecule has 1 saturated carbocycles. The van der Waals surface area contributed by atoms with Crippen LogP contribution in [-0.2, 0) is 0 Å². The molecule has 2 heteroatoms. The smallest absolute Gasteiger partial charge is 0.0107 e. The molecule has 2 rings (SSSR count). The van der Waals surface area contributed by atoms with Gasteiger partial charge in [-0.05, 0) is 44.7 Å². The van der Waals surface area contributed by atoms with Crippen molar-refractivity contribution in [1.29, 1.82) is 0 Å². The summed E-state index contributed by atoms with van der Waals surface area (Å²) in [6.45, 7) is 7.53. The van der Waals surface area contributed by atoms with Gasteiger partial charge < -0.3 is 10.2 Å². The first-order valence-electron chi connectivity index (χ1n) is 6.32. The SMILES string of the molecule is CC1CCCC1NCCN1CCCC1. The first-order chi connectivity index (χ1) is 6.86. The summed E-state index contributed by atoms with van der Waals surface area (Å²) in [5, 5.41) is 3.72. The molecule has 2 atom stereocenters. The van der Waals surface area contributed by atoms with E-state index in [9.17, 15) is 0 Å². The number of nitrogens with zero attached hydrogens (tertiary/aromatic N) is 1. The van der Waals surface area contributed by atoms with Crippen molar-refractivity contribution in [3.05, 3.63) is 0 Å². The lowest BCUT2D eigenvalue weighted by atomic mass is 10.1. The quantitative estimate of drug-likeness (QED) is 0.738. The first kappa shape index (κ1) is 10.4. The molecule has 2 fully saturated rings. The highest BCUT2D eigenvalue weighted by molar-refractivity contribution is 4.80. The molecule has 0 amide bonds. The third-order valence-electron chi connectivity index (χ3n) is 3.89. The van der Waals surface area contributed by atoms with E-state index in [0.29, 0.717) is 0 Å². The van der Waals surface area contributed by atoms with Gasteiger partial charge in [-0.25, -0.2) is 0 Å². The zero-order valence-electron chi connectivity index (χ0n) is 9.47. The van der Waals surface area contributed by atoms with E-state index >= 15 is 0 Å². The molecule has 0 aromatic heterocycles. The average molecular weight is 196 g/mol. The second-order valence-electron chi connectivity index (χ2n) is 5.02. The second kappa shape index (κ2) is 5.13. The number of hydrogen-bond donors (Lipinski definition) is 1. The van der Waals surface area contributed by atoms with Crippen LogP contribution in [-0.4, -0.2) is 37.1 Å². The van der Waals surface area contributed by atoms with Crippen molar-refractivity contribution in [3.63, 3.8) is 0 Å². The molecular formula is C12H24N2. The van der Waals surface area contributed by atoms with Gasteiger partial charge in [0.25, 0.3) is 0 Å². The topological polar surface area (TPSA) is 15.3 Å². The minimum atomic E-state index is 0.817. The summed E-state index contributed by atoms with van der Waals surface area (Å²) < 4.78 is 0. The monoisotopic (exact) mass is 196 g/mol. The van der Waals surface area contributed by atoms with Crippen molar-refractivity contribution >= 4 is 0 Å². The molecule has 1 aliphatic carbocycles. The Bertz CT molecular complexity index is 164. The Balaban J connectivity index is 1.57. The van der Waals surface area contributed by atoms with E-state index in [0.717, 1.165) is 12.0 Å². The van der Waals surface area contributed by atoms with Crippen LogP contribution in [0.2, 0.25) is 0 Å². The Labute approximate surface area is 88.1 Å². The summed E-state index contributed by atoms with van der Waals surface area (Å²) >= 11 is 0. The van der Waals surface area contributed by atoms with Crippen LogP contribution in [0.3, 0.4) is 0 Å². The lowest BCUT2D eigenvalue weighted by Crippen LogP contribution is -2.37. The van der Waals surface area contributed by atoms with Crippen LogP contribution in [0.5, 0.6) is 0 Å². The molecule has 1 aliphatic heterocycles. The normalized spacial score (nSPS) is 34.1. The molecule has 82 valence electrons. The molecule has 2 aliphatic rings. The third-order valence-corrected chi connectivity index (χ3v) is 3.89. The van der Waals surface area contributed by atoms with Crippen molar-refractivity contribution in [2.24, 2.45) is 5.92 Å². The molecule has 0 bridgehead atoms. The zero-order valence-corrected chi connectivity index (χ0v) is 9.47. The summed E-state index contributed by atoms with van der Waals surface area (Å²) in [6.07, 6.45) is 7.10. The summed E-state index contributed by atoms with van der Waals surface area (Å²) in [7, 11) is 0.